The predicted molar refractivity (Wildman–Crippen MR) is 120 cm³/mol. The highest BCUT2D eigenvalue weighted by Crippen LogP contribution is 2.33. The Balaban J connectivity index is 1.53. The fourth-order valence-electron chi connectivity index (χ4n) is 4.30. The average molecular weight is 430 g/mol. The van der Waals surface area contributed by atoms with Crippen molar-refractivity contribution in [3.8, 4) is 5.75 Å². The van der Waals surface area contributed by atoms with E-state index in [1.807, 2.05) is 30.3 Å². The van der Waals surface area contributed by atoms with Gasteiger partial charge in [-0.25, -0.2) is 8.42 Å². The first-order valence-electron chi connectivity index (χ1n) is 10.7. The normalized spacial score (nSPS) is 21.1. The van der Waals surface area contributed by atoms with Crippen LogP contribution in [0.3, 0.4) is 0 Å². The molecule has 4 rings (SSSR count). The van der Waals surface area contributed by atoms with E-state index in [1.54, 1.807) is 11.2 Å². The van der Waals surface area contributed by atoms with Crippen molar-refractivity contribution in [2.24, 2.45) is 0 Å². The summed E-state index contributed by atoms with van der Waals surface area (Å²) in [5.74, 6) is 1.07. The van der Waals surface area contributed by atoms with Gasteiger partial charge in [0.05, 0.1) is 5.75 Å². The standard InChI is InChI=1S/C23H31N3O3S/c1-3-30(27,28)26-15-13-25(14-16-26)20-9-10-22-19(17-20)18-24(2)12-11-23(22)29-21-7-5-4-6-8-21/h4-10,17,23H,3,11-16,18H2,1-2H3. The van der Waals surface area contributed by atoms with Crippen molar-refractivity contribution in [3.63, 3.8) is 0 Å². The number of sulfonamides is 1. The Kier molecular flexibility index (Phi) is 6.32. The van der Waals surface area contributed by atoms with Crippen molar-refractivity contribution in [3.05, 3.63) is 59.7 Å². The summed E-state index contributed by atoms with van der Waals surface area (Å²) in [6, 6.07) is 16.6. The largest absolute Gasteiger partial charge is 0.486 e. The lowest BCUT2D eigenvalue weighted by atomic mass is 10.00. The predicted octanol–water partition coefficient (Wildman–Crippen LogP) is 3.11. The molecule has 1 unspecified atom stereocenters. The van der Waals surface area contributed by atoms with Crippen molar-refractivity contribution in [2.75, 3.05) is 50.4 Å². The minimum absolute atomic E-state index is 0.0351. The summed E-state index contributed by atoms with van der Waals surface area (Å²) < 4.78 is 32.2. The van der Waals surface area contributed by atoms with Crippen molar-refractivity contribution in [1.82, 2.24) is 9.21 Å². The number of anilines is 1. The summed E-state index contributed by atoms with van der Waals surface area (Å²) in [4.78, 5) is 4.63. The second-order valence-electron chi connectivity index (χ2n) is 8.12. The van der Waals surface area contributed by atoms with Crippen LogP contribution in [-0.4, -0.2) is 63.1 Å². The van der Waals surface area contributed by atoms with Gasteiger partial charge in [-0.15, -0.1) is 0 Å². The summed E-state index contributed by atoms with van der Waals surface area (Å²) in [5.41, 5.74) is 3.70. The zero-order valence-electron chi connectivity index (χ0n) is 17.8. The quantitative estimate of drug-likeness (QED) is 0.731. The molecular weight excluding hydrogens is 398 g/mol. The molecule has 2 aromatic rings. The van der Waals surface area contributed by atoms with Crippen molar-refractivity contribution >= 4 is 15.7 Å². The number of hydrogen-bond donors (Lipinski definition) is 0. The number of ether oxygens (including phenoxy) is 1. The smallest absolute Gasteiger partial charge is 0.213 e. The molecular formula is C23H31N3O3S. The number of benzene rings is 2. The molecule has 0 N–H and O–H groups in total. The average Bonchev–Trinajstić information content (AvgIpc) is 2.92. The third kappa shape index (κ3) is 4.63. The highest BCUT2D eigenvalue weighted by Gasteiger charge is 2.27. The molecule has 1 atom stereocenters. The molecule has 0 aliphatic carbocycles. The lowest BCUT2D eigenvalue weighted by Gasteiger charge is -2.35. The van der Waals surface area contributed by atoms with Crippen LogP contribution in [0.1, 0.15) is 30.6 Å². The van der Waals surface area contributed by atoms with Crippen LogP contribution in [0.5, 0.6) is 5.75 Å². The van der Waals surface area contributed by atoms with Crippen LogP contribution in [0.25, 0.3) is 0 Å². The van der Waals surface area contributed by atoms with Crippen LogP contribution in [0.2, 0.25) is 0 Å². The maximum Gasteiger partial charge on any atom is 0.213 e. The lowest BCUT2D eigenvalue weighted by molar-refractivity contribution is 0.182. The van der Waals surface area contributed by atoms with Crippen molar-refractivity contribution < 1.29 is 13.2 Å². The first-order valence-corrected chi connectivity index (χ1v) is 12.3. The topological polar surface area (TPSA) is 53.1 Å². The third-order valence-corrected chi connectivity index (χ3v) is 7.95. The maximum atomic E-state index is 12.1. The van der Waals surface area contributed by atoms with Crippen molar-refractivity contribution in [2.45, 2.75) is 26.0 Å². The zero-order chi connectivity index (χ0) is 21.1. The minimum atomic E-state index is -3.11. The molecule has 0 saturated carbocycles. The zero-order valence-corrected chi connectivity index (χ0v) is 18.6. The Hall–Kier alpha value is -2.09. The van der Waals surface area contributed by atoms with Crippen LogP contribution < -0.4 is 9.64 Å². The van der Waals surface area contributed by atoms with E-state index in [4.69, 9.17) is 4.74 Å². The first kappa shape index (κ1) is 21.2. The molecule has 0 amide bonds. The van der Waals surface area contributed by atoms with Gasteiger partial charge in [0, 0.05) is 51.4 Å². The molecule has 2 aliphatic rings. The third-order valence-electron chi connectivity index (χ3n) is 6.07. The second kappa shape index (κ2) is 8.96. The number of fused-ring (bicyclic) bond motifs is 1. The molecule has 0 bridgehead atoms. The van der Waals surface area contributed by atoms with Gasteiger partial charge in [-0.3, -0.25) is 0 Å². The molecule has 0 spiro atoms. The van der Waals surface area contributed by atoms with Crippen LogP contribution in [0.15, 0.2) is 48.5 Å². The van der Waals surface area contributed by atoms with Gasteiger partial charge in [-0.1, -0.05) is 24.3 Å². The highest BCUT2D eigenvalue weighted by atomic mass is 32.2. The highest BCUT2D eigenvalue weighted by molar-refractivity contribution is 7.89. The van der Waals surface area contributed by atoms with Gasteiger partial charge in [-0.05, 0) is 49.4 Å². The van der Waals surface area contributed by atoms with E-state index >= 15 is 0 Å². The number of piperazine rings is 1. The fraction of sp³-hybridized carbons (Fsp3) is 0.478. The molecule has 1 fully saturated rings. The molecule has 2 heterocycles. The fourth-order valence-corrected chi connectivity index (χ4v) is 5.38. The summed E-state index contributed by atoms with van der Waals surface area (Å²) in [7, 11) is -0.958. The van der Waals surface area contributed by atoms with E-state index < -0.39 is 10.0 Å². The molecule has 7 heteroatoms. The van der Waals surface area contributed by atoms with E-state index in [-0.39, 0.29) is 11.9 Å². The Morgan fingerprint density at radius 2 is 1.73 bits per heavy atom. The van der Waals surface area contributed by atoms with Crippen molar-refractivity contribution in [1.29, 1.82) is 0 Å². The van der Waals surface area contributed by atoms with E-state index in [2.05, 4.69) is 35.0 Å². The SMILES string of the molecule is CCS(=O)(=O)N1CCN(c2ccc3c(c2)CN(C)CCC3Oc2ccccc2)CC1. The summed E-state index contributed by atoms with van der Waals surface area (Å²) >= 11 is 0. The maximum absolute atomic E-state index is 12.1. The lowest BCUT2D eigenvalue weighted by Crippen LogP contribution is -2.49. The van der Waals surface area contributed by atoms with Gasteiger partial charge in [0.25, 0.3) is 0 Å². The molecule has 0 aromatic heterocycles. The van der Waals surface area contributed by atoms with E-state index in [1.165, 1.54) is 11.1 Å². The summed E-state index contributed by atoms with van der Waals surface area (Å²) in [6.45, 7) is 6.12. The Morgan fingerprint density at radius 1 is 1.00 bits per heavy atom. The number of para-hydroxylation sites is 1. The monoisotopic (exact) mass is 429 g/mol. The molecule has 1 saturated heterocycles. The number of nitrogens with zero attached hydrogens (tertiary/aromatic N) is 3. The van der Waals surface area contributed by atoms with Gasteiger partial charge in [-0.2, -0.15) is 4.31 Å². The minimum Gasteiger partial charge on any atom is -0.486 e. The number of hydrogen-bond acceptors (Lipinski definition) is 5. The Labute approximate surface area is 180 Å². The van der Waals surface area contributed by atoms with Crippen LogP contribution in [0, 0.1) is 0 Å². The Bertz CT molecular complexity index is 957. The molecule has 2 aromatic carbocycles. The van der Waals surface area contributed by atoms with Crippen LogP contribution in [0.4, 0.5) is 5.69 Å². The van der Waals surface area contributed by atoms with Gasteiger partial charge in [0.1, 0.15) is 11.9 Å². The van der Waals surface area contributed by atoms with Gasteiger partial charge >= 0.3 is 0 Å². The Morgan fingerprint density at radius 3 is 2.43 bits per heavy atom. The molecule has 6 nitrogen and oxygen atoms in total. The molecule has 2 aliphatic heterocycles. The molecule has 0 radical (unpaired) electrons. The summed E-state index contributed by atoms with van der Waals surface area (Å²) in [5, 5.41) is 0. The van der Waals surface area contributed by atoms with E-state index in [0.717, 1.165) is 44.0 Å². The van der Waals surface area contributed by atoms with Gasteiger partial charge in [0.2, 0.25) is 10.0 Å². The van der Waals surface area contributed by atoms with Crippen LogP contribution in [-0.2, 0) is 16.6 Å². The number of rotatable bonds is 5. The van der Waals surface area contributed by atoms with Crippen LogP contribution >= 0.6 is 0 Å². The van der Waals surface area contributed by atoms with Gasteiger partial charge < -0.3 is 14.5 Å². The van der Waals surface area contributed by atoms with Gasteiger partial charge in [0.15, 0.2) is 0 Å². The second-order valence-corrected chi connectivity index (χ2v) is 10.4. The molecule has 162 valence electrons. The van der Waals surface area contributed by atoms with E-state index in [0.29, 0.717) is 13.1 Å². The first-order chi connectivity index (χ1) is 14.5. The van der Waals surface area contributed by atoms with E-state index in [9.17, 15) is 8.42 Å². The molecule has 30 heavy (non-hydrogen) atoms. The summed E-state index contributed by atoms with van der Waals surface area (Å²) in [6.07, 6.45) is 0.985.